The molecule has 0 spiro atoms. The first-order valence-electron chi connectivity index (χ1n) is 9.54. The first-order valence-corrected chi connectivity index (χ1v) is 9.54. The second kappa shape index (κ2) is 8.55. The Morgan fingerprint density at radius 3 is 2.63 bits per heavy atom. The van der Waals surface area contributed by atoms with Crippen molar-refractivity contribution >= 4 is 11.7 Å². The van der Waals surface area contributed by atoms with E-state index in [0.717, 1.165) is 29.5 Å². The van der Waals surface area contributed by atoms with E-state index in [4.69, 9.17) is 10.5 Å². The second-order valence-corrected chi connectivity index (χ2v) is 7.08. The monoisotopic (exact) mass is 368 g/mol. The molecule has 3 unspecified atom stereocenters. The van der Waals surface area contributed by atoms with Crippen LogP contribution in [0.3, 0.4) is 0 Å². The summed E-state index contributed by atoms with van der Waals surface area (Å²) < 4.78 is 5.34. The summed E-state index contributed by atoms with van der Waals surface area (Å²) in [6, 6.07) is 15.1. The summed E-state index contributed by atoms with van der Waals surface area (Å²) in [6.45, 7) is 4.87. The third-order valence-electron chi connectivity index (χ3n) is 5.32. The van der Waals surface area contributed by atoms with E-state index in [-0.39, 0.29) is 17.9 Å². The lowest BCUT2D eigenvalue weighted by Crippen LogP contribution is -2.44. The van der Waals surface area contributed by atoms with Crippen LogP contribution in [-0.4, -0.2) is 29.1 Å². The lowest BCUT2D eigenvalue weighted by atomic mass is 9.83. The highest BCUT2D eigenvalue weighted by molar-refractivity contribution is 5.74. The average molecular weight is 368 g/mol. The number of aryl methyl sites for hydroxylation is 1. The van der Waals surface area contributed by atoms with Crippen LogP contribution in [0.15, 0.2) is 48.5 Å². The van der Waals surface area contributed by atoms with Crippen molar-refractivity contribution in [3.05, 3.63) is 65.2 Å². The molecule has 0 saturated carbocycles. The van der Waals surface area contributed by atoms with Crippen molar-refractivity contribution in [2.45, 2.75) is 39.0 Å². The van der Waals surface area contributed by atoms with E-state index in [1.807, 2.05) is 67.3 Å². The predicted octanol–water partition coefficient (Wildman–Crippen LogP) is 3.58. The zero-order valence-electron chi connectivity index (χ0n) is 16.0. The van der Waals surface area contributed by atoms with Gasteiger partial charge in [-0.15, -0.1) is 0 Å². The molecule has 1 aliphatic heterocycles. The number of nitrogens with two attached hydrogens (primary N) is 1. The minimum atomic E-state index is -0.786. The zero-order valence-corrected chi connectivity index (χ0v) is 16.0. The van der Waals surface area contributed by atoms with E-state index in [0.29, 0.717) is 18.8 Å². The topological polar surface area (TPSA) is 75.8 Å². The Morgan fingerprint density at radius 1 is 1.26 bits per heavy atom. The van der Waals surface area contributed by atoms with Crippen LogP contribution < -0.4 is 5.73 Å². The molecular formula is C22H28N2O3. The maximum atomic E-state index is 12.7. The summed E-state index contributed by atoms with van der Waals surface area (Å²) in [7, 11) is 0. The van der Waals surface area contributed by atoms with Crippen molar-refractivity contribution in [2.24, 2.45) is 5.92 Å². The maximum absolute atomic E-state index is 12.7. The summed E-state index contributed by atoms with van der Waals surface area (Å²) in [4.78, 5) is 14.7. The summed E-state index contributed by atoms with van der Waals surface area (Å²) in [5, 5.41) is 11.2. The third-order valence-corrected chi connectivity index (χ3v) is 5.32. The van der Waals surface area contributed by atoms with Crippen molar-refractivity contribution in [2.75, 3.05) is 18.9 Å². The smallest absolute Gasteiger partial charge is 0.310 e. The quantitative estimate of drug-likeness (QED) is 0.623. The number of aliphatic hydroxyl groups is 1. The highest BCUT2D eigenvalue weighted by Crippen LogP contribution is 2.41. The fourth-order valence-electron chi connectivity index (χ4n) is 3.96. The number of carbonyl (C=O) groups excluding carboxylic acids is 1. The minimum Gasteiger partial charge on any atom is -0.466 e. The van der Waals surface area contributed by atoms with Gasteiger partial charge >= 0.3 is 5.97 Å². The Balaban J connectivity index is 2.00. The molecule has 144 valence electrons. The highest BCUT2D eigenvalue weighted by Gasteiger charge is 2.41. The molecule has 1 saturated heterocycles. The highest BCUT2D eigenvalue weighted by atomic mass is 16.5. The fraction of sp³-hybridized carbons (Fsp3) is 0.409. The molecule has 27 heavy (non-hydrogen) atoms. The van der Waals surface area contributed by atoms with Crippen molar-refractivity contribution in [1.29, 1.82) is 0 Å². The number of benzene rings is 2. The number of likely N-dealkylation sites (tertiary alicyclic amines) is 1. The molecule has 1 aliphatic rings. The molecule has 0 aromatic heterocycles. The summed E-state index contributed by atoms with van der Waals surface area (Å²) in [6.07, 6.45) is 0.786. The van der Waals surface area contributed by atoms with Crippen LogP contribution in [-0.2, 0) is 9.53 Å². The van der Waals surface area contributed by atoms with Gasteiger partial charge in [0.2, 0.25) is 0 Å². The molecule has 3 rings (SSSR count). The number of ether oxygens (including phenoxy) is 1. The summed E-state index contributed by atoms with van der Waals surface area (Å²) in [5.74, 6) is -0.526. The van der Waals surface area contributed by atoms with E-state index < -0.39 is 6.23 Å². The molecule has 0 bridgehead atoms. The number of aliphatic hydroxyl groups excluding tert-OH is 1. The number of rotatable bonds is 5. The number of esters is 1. The van der Waals surface area contributed by atoms with Crippen molar-refractivity contribution < 1.29 is 14.6 Å². The van der Waals surface area contributed by atoms with E-state index in [1.165, 1.54) is 0 Å². The lowest BCUT2D eigenvalue weighted by Gasteiger charge is -2.43. The van der Waals surface area contributed by atoms with Gasteiger partial charge in [0.25, 0.3) is 0 Å². The van der Waals surface area contributed by atoms with Gasteiger partial charge in [-0.2, -0.15) is 0 Å². The van der Waals surface area contributed by atoms with Crippen LogP contribution in [0.25, 0.3) is 0 Å². The van der Waals surface area contributed by atoms with Gasteiger partial charge in [-0.25, -0.2) is 0 Å². The van der Waals surface area contributed by atoms with Gasteiger partial charge in [-0.05, 0) is 55.5 Å². The molecule has 2 aromatic rings. The fourth-order valence-corrected chi connectivity index (χ4v) is 3.96. The Bertz CT molecular complexity index is 775. The normalized spacial score (nSPS) is 21.6. The molecule has 0 radical (unpaired) electrons. The van der Waals surface area contributed by atoms with Gasteiger partial charge in [-0.1, -0.05) is 36.4 Å². The average Bonchev–Trinajstić information content (AvgIpc) is 2.68. The van der Waals surface area contributed by atoms with Gasteiger partial charge < -0.3 is 15.6 Å². The Morgan fingerprint density at radius 2 is 1.96 bits per heavy atom. The first kappa shape index (κ1) is 19.4. The number of anilines is 1. The number of hydrogen-bond acceptors (Lipinski definition) is 5. The van der Waals surface area contributed by atoms with Crippen LogP contribution in [0.1, 0.15) is 48.7 Å². The maximum Gasteiger partial charge on any atom is 0.310 e. The van der Waals surface area contributed by atoms with E-state index in [9.17, 15) is 9.90 Å². The van der Waals surface area contributed by atoms with Gasteiger partial charge in [-0.3, -0.25) is 9.69 Å². The molecule has 0 amide bonds. The Labute approximate surface area is 160 Å². The molecule has 2 aromatic carbocycles. The van der Waals surface area contributed by atoms with Crippen LogP contribution in [0, 0.1) is 12.8 Å². The molecular weight excluding hydrogens is 340 g/mol. The molecule has 3 atom stereocenters. The van der Waals surface area contributed by atoms with Crippen molar-refractivity contribution in [3.8, 4) is 0 Å². The van der Waals surface area contributed by atoms with E-state index >= 15 is 0 Å². The summed E-state index contributed by atoms with van der Waals surface area (Å²) >= 11 is 0. The molecule has 0 aliphatic carbocycles. The van der Waals surface area contributed by atoms with Crippen LogP contribution in [0.2, 0.25) is 0 Å². The minimum absolute atomic E-state index is 0.207. The van der Waals surface area contributed by atoms with Crippen LogP contribution in [0.4, 0.5) is 5.69 Å². The van der Waals surface area contributed by atoms with Gasteiger partial charge in [0.1, 0.15) is 6.23 Å². The second-order valence-electron chi connectivity index (χ2n) is 7.08. The van der Waals surface area contributed by atoms with Crippen molar-refractivity contribution in [3.63, 3.8) is 0 Å². The first-order chi connectivity index (χ1) is 13.0. The predicted molar refractivity (Wildman–Crippen MR) is 106 cm³/mol. The van der Waals surface area contributed by atoms with Crippen LogP contribution in [0.5, 0.6) is 0 Å². The third kappa shape index (κ3) is 4.15. The van der Waals surface area contributed by atoms with E-state index in [1.54, 1.807) is 0 Å². The molecule has 5 nitrogen and oxygen atoms in total. The lowest BCUT2D eigenvalue weighted by molar-refractivity contribution is -0.156. The van der Waals surface area contributed by atoms with Gasteiger partial charge in [0.05, 0.1) is 18.6 Å². The molecule has 1 fully saturated rings. The number of nitrogen functional groups attached to an aromatic ring is 1. The number of piperidine rings is 1. The molecule has 1 heterocycles. The molecule has 5 heteroatoms. The van der Waals surface area contributed by atoms with Gasteiger partial charge in [0, 0.05) is 12.2 Å². The zero-order chi connectivity index (χ0) is 19.4. The van der Waals surface area contributed by atoms with Crippen LogP contribution >= 0.6 is 0 Å². The van der Waals surface area contributed by atoms with Gasteiger partial charge in [0.15, 0.2) is 0 Å². The van der Waals surface area contributed by atoms with Crippen molar-refractivity contribution in [1.82, 2.24) is 4.90 Å². The summed E-state index contributed by atoms with van der Waals surface area (Å²) in [5.41, 5.74) is 9.38. The molecule has 3 N–H and O–H groups in total. The Hall–Kier alpha value is -2.37. The van der Waals surface area contributed by atoms with E-state index in [2.05, 4.69) is 0 Å². The Kier molecular flexibility index (Phi) is 6.14. The number of carbonyl (C=O) groups is 1. The number of hydrogen-bond donors (Lipinski definition) is 2. The standard InChI is InChI=1S/C22H28N2O3/c1-3-27-22(26)19-9-6-14-24(20(19)16-10-12-17(23)13-11-16)21(25)18-8-5-4-7-15(18)2/h4-5,7-8,10-13,19-21,25H,3,6,9,14,23H2,1-2H3. The number of nitrogens with zero attached hydrogens (tertiary/aromatic N) is 1. The SMILES string of the molecule is CCOC(=O)C1CCCN(C(O)c2ccccc2C)C1c1ccc(N)cc1. The largest absolute Gasteiger partial charge is 0.466 e.